The average Bonchev–Trinajstić information content (AvgIpc) is 3.33. The SMILES string of the molecule is Cc1ccc(-c2[nH]ncc2CN2CCC(C(O)(c3ccccc3)c3ccccc3)CC2)cc1. The van der Waals surface area contributed by atoms with Crippen molar-refractivity contribution >= 4 is 0 Å². The maximum atomic E-state index is 12.1. The Morgan fingerprint density at radius 2 is 1.45 bits per heavy atom. The summed E-state index contributed by atoms with van der Waals surface area (Å²) in [4.78, 5) is 2.48. The number of piperidine rings is 1. The van der Waals surface area contributed by atoms with Gasteiger partial charge in [-0.3, -0.25) is 10.00 Å². The summed E-state index contributed by atoms with van der Waals surface area (Å²) in [6, 6.07) is 28.9. The highest BCUT2D eigenvalue weighted by atomic mass is 16.3. The first-order chi connectivity index (χ1) is 16.1. The fraction of sp³-hybridized carbons (Fsp3) is 0.276. The van der Waals surface area contributed by atoms with Crippen LogP contribution in [0.25, 0.3) is 11.3 Å². The van der Waals surface area contributed by atoms with Gasteiger partial charge in [-0.05, 0) is 55.5 Å². The van der Waals surface area contributed by atoms with Crippen LogP contribution in [0.3, 0.4) is 0 Å². The van der Waals surface area contributed by atoms with E-state index in [1.807, 2.05) is 42.6 Å². The summed E-state index contributed by atoms with van der Waals surface area (Å²) >= 11 is 0. The number of benzene rings is 3. The van der Waals surface area contributed by atoms with E-state index >= 15 is 0 Å². The highest BCUT2D eigenvalue weighted by Crippen LogP contribution is 2.42. The molecule has 0 bridgehead atoms. The van der Waals surface area contributed by atoms with Crippen LogP contribution in [0.4, 0.5) is 0 Å². The molecule has 1 saturated heterocycles. The zero-order valence-corrected chi connectivity index (χ0v) is 19.1. The van der Waals surface area contributed by atoms with E-state index in [0.717, 1.165) is 49.3 Å². The van der Waals surface area contributed by atoms with Crippen LogP contribution in [0.5, 0.6) is 0 Å². The number of hydrogen-bond donors (Lipinski definition) is 2. The van der Waals surface area contributed by atoms with Gasteiger partial charge in [0.15, 0.2) is 0 Å². The molecule has 33 heavy (non-hydrogen) atoms. The molecule has 4 aromatic rings. The largest absolute Gasteiger partial charge is 0.380 e. The summed E-state index contributed by atoms with van der Waals surface area (Å²) in [7, 11) is 0. The van der Waals surface area contributed by atoms with Crippen molar-refractivity contribution in [3.63, 3.8) is 0 Å². The third-order valence-electron chi connectivity index (χ3n) is 7.06. The van der Waals surface area contributed by atoms with Gasteiger partial charge in [0.25, 0.3) is 0 Å². The van der Waals surface area contributed by atoms with Crippen LogP contribution in [0.15, 0.2) is 91.1 Å². The second kappa shape index (κ2) is 9.34. The van der Waals surface area contributed by atoms with E-state index in [2.05, 4.69) is 70.6 Å². The fourth-order valence-electron chi connectivity index (χ4n) is 5.17. The minimum Gasteiger partial charge on any atom is -0.380 e. The molecular weight excluding hydrogens is 406 g/mol. The highest BCUT2D eigenvalue weighted by Gasteiger charge is 2.41. The number of nitrogens with zero attached hydrogens (tertiary/aromatic N) is 2. The van der Waals surface area contributed by atoms with E-state index in [4.69, 9.17) is 0 Å². The average molecular weight is 438 g/mol. The lowest BCUT2D eigenvalue weighted by atomic mass is 9.72. The van der Waals surface area contributed by atoms with Crippen LogP contribution in [-0.4, -0.2) is 33.3 Å². The van der Waals surface area contributed by atoms with Gasteiger partial charge in [-0.2, -0.15) is 5.10 Å². The molecule has 0 saturated carbocycles. The smallest absolute Gasteiger partial charge is 0.117 e. The van der Waals surface area contributed by atoms with Gasteiger partial charge in [0.1, 0.15) is 5.60 Å². The summed E-state index contributed by atoms with van der Waals surface area (Å²) in [5.41, 5.74) is 5.73. The van der Waals surface area contributed by atoms with Crippen molar-refractivity contribution in [1.82, 2.24) is 15.1 Å². The molecule has 1 fully saturated rings. The van der Waals surface area contributed by atoms with Gasteiger partial charge >= 0.3 is 0 Å². The number of aromatic amines is 1. The lowest BCUT2D eigenvalue weighted by Gasteiger charge is -2.42. The summed E-state index contributed by atoms with van der Waals surface area (Å²) in [6.45, 7) is 4.87. The van der Waals surface area contributed by atoms with Crippen molar-refractivity contribution < 1.29 is 5.11 Å². The molecule has 1 aromatic heterocycles. The number of nitrogens with one attached hydrogen (secondary N) is 1. The molecule has 2 N–H and O–H groups in total. The van der Waals surface area contributed by atoms with Crippen molar-refractivity contribution in [3.8, 4) is 11.3 Å². The minimum atomic E-state index is -0.975. The van der Waals surface area contributed by atoms with Gasteiger partial charge in [-0.25, -0.2) is 0 Å². The monoisotopic (exact) mass is 437 g/mol. The highest BCUT2D eigenvalue weighted by molar-refractivity contribution is 5.62. The molecule has 1 aliphatic heterocycles. The van der Waals surface area contributed by atoms with Crippen LogP contribution in [0.2, 0.25) is 0 Å². The lowest BCUT2D eigenvalue weighted by molar-refractivity contribution is -0.0152. The second-order valence-corrected chi connectivity index (χ2v) is 9.19. The van der Waals surface area contributed by atoms with E-state index in [1.54, 1.807) is 0 Å². The van der Waals surface area contributed by atoms with E-state index in [-0.39, 0.29) is 5.92 Å². The van der Waals surface area contributed by atoms with Gasteiger partial charge in [-0.15, -0.1) is 0 Å². The third kappa shape index (κ3) is 4.37. The molecule has 4 nitrogen and oxygen atoms in total. The Kier molecular flexibility index (Phi) is 6.12. The zero-order chi connectivity index (χ0) is 22.7. The number of rotatable bonds is 6. The predicted octanol–water partition coefficient (Wildman–Crippen LogP) is 5.53. The Hall–Kier alpha value is -3.21. The molecular formula is C29H31N3O. The quantitative estimate of drug-likeness (QED) is 0.417. The molecule has 1 aliphatic rings. The van der Waals surface area contributed by atoms with Gasteiger partial charge in [0.2, 0.25) is 0 Å². The second-order valence-electron chi connectivity index (χ2n) is 9.19. The molecule has 0 spiro atoms. The zero-order valence-electron chi connectivity index (χ0n) is 19.1. The number of aliphatic hydroxyl groups is 1. The summed E-state index contributed by atoms with van der Waals surface area (Å²) in [5.74, 6) is 0.166. The lowest BCUT2D eigenvalue weighted by Crippen LogP contribution is -2.44. The van der Waals surface area contributed by atoms with E-state index in [0.29, 0.717) is 0 Å². The number of H-pyrrole nitrogens is 1. The van der Waals surface area contributed by atoms with E-state index in [1.165, 1.54) is 16.7 Å². The van der Waals surface area contributed by atoms with Crippen LogP contribution in [0, 0.1) is 12.8 Å². The fourth-order valence-corrected chi connectivity index (χ4v) is 5.17. The van der Waals surface area contributed by atoms with Crippen LogP contribution in [-0.2, 0) is 12.1 Å². The first-order valence-corrected chi connectivity index (χ1v) is 11.8. The third-order valence-corrected chi connectivity index (χ3v) is 7.06. The first-order valence-electron chi connectivity index (χ1n) is 11.8. The maximum Gasteiger partial charge on any atom is 0.117 e. The Balaban J connectivity index is 1.33. The summed E-state index contributed by atoms with van der Waals surface area (Å²) in [5, 5.41) is 19.6. The van der Waals surface area contributed by atoms with Crippen molar-refractivity contribution in [1.29, 1.82) is 0 Å². The number of aryl methyl sites for hydroxylation is 1. The van der Waals surface area contributed by atoms with E-state index < -0.39 is 5.60 Å². The predicted molar refractivity (Wildman–Crippen MR) is 133 cm³/mol. The van der Waals surface area contributed by atoms with Gasteiger partial charge in [-0.1, -0.05) is 90.5 Å². The van der Waals surface area contributed by atoms with Crippen LogP contribution in [0.1, 0.15) is 35.1 Å². The van der Waals surface area contributed by atoms with Crippen molar-refractivity contribution in [2.24, 2.45) is 5.92 Å². The molecule has 3 aromatic carbocycles. The van der Waals surface area contributed by atoms with Gasteiger partial charge in [0, 0.05) is 12.1 Å². The normalized spacial score (nSPS) is 15.6. The molecule has 0 atom stereocenters. The number of hydrogen-bond acceptors (Lipinski definition) is 3. The Morgan fingerprint density at radius 1 is 0.879 bits per heavy atom. The first kappa shape index (κ1) is 21.6. The molecule has 0 aliphatic carbocycles. The topological polar surface area (TPSA) is 52.2 Å². The molecule has 2 heterocycles. The van der Waals surface area contributed by atoms with Crippen LogP contribution < -0.4 is 0 Å². The standard InChI is InChI=1S/C29H31N3O/c1-22-12-14-23(15-13-22)28-24(20-30-31-28)21-32-18-16-27(17-19-32)29(33,25-8-4-2-5-9-25)26-10-6-3-7-11-26/h2-15,20,27,33H,16-19,21H2,1H3,(H,30,31). The van der Waals surface area contributed by atoms with Crippen molar-refractivity contribution in [2.75, 3.05) is 13.1 Å². The number of aromatic nitrogens is 2. The maximum absolute atomic E-state index is 12.1. The molecule has 168 valence electrons. The van der Waals surface area contributed by atoms with Crippen molar-refractivity contribution in [3.05, 3.63) is 113 Å². The molecule has 0 unspecified atom stereocenters. The van der Waals surface area contributed by atoms with E-state index in [9.17, 15) is 5.11 Å². The Morgan fingerprint density at radius 3 is 2.03 bits per heavy atom. The van der Waals surface area contributed by atoms with Crippen LogP contribution >= 0.6 is 0 Å². The summed E-state index contributed by atoms with van der Waals surface area (Å²) in [6.07, 6.45) is 3.83. The molecule has 5 rings (SSSR count). The number of likely N-dealkylation sites (tertiary alicyclic amines) is 1. The van der Waals surface area contributed by atoms with Gasteiger partial charge in [0.05, 0.1) is 11.9 Å². The molecule has 0 radical (unpaired) electrons. The summed E-state index contributed by atoms with van der Waals surface area (Å²) < 4.78 is 0. The molecule has 0 amide bonds. The Labute approximate surface area is 195 Å². The Bertz CT molecular complexity index is 1120. The molecule has 4 heteroatoms. The van der Waals surface area contributed by atoms with Gasteiger partial charge < -0.3 is 5.11 Å². The minimum absolute atomic E-state index is 0.166. The van der Waals surface area contributed by atoms with Crippen molar-refractivity contribution in [2.45, 2.75) is 31.9 Å².